The zero-order valence-corrected chi connectivity index (χ0v) is 20.5. The Balaban J connectivity index is 1.45. The van der Waals surface area contributed by atoms with Gasteiger partial charge in [0, 0.05) is 20.8 Å². The Morgan fingerprint density at radius 1 is 1.27 bits per heavy atom. The number of methoxy groups -OCH3 is 1. The lowest BCUT2D eigenvalue weighted by Gasteiger charge is -2.04. The summed E-state index contributed by atoms with van der Waals surface area (Å²) in [5, 5.41) is 13.0. The zero-order chi connectivity index (χ0) is 21.3. The predicted octanol–water partition coefficient (Wildman–Crippen LogP) is 5.50. The first-order chi connectivity index (χ1) is 14.5. The number of rotatable bonds is 9. The minimum Gasteiger partial charge on any atom is -0.496 e. The van der Waals surface area contributed by atoms with Crippen molar-refractivity contribution in [2.75, 3.05) is 12.9 Å². The molecule has 0 unspecified atom stereocenters. The van der Waals surface area contributed by atoms with E-state index in [2.05, 4.69) is 36.7 Å². The maximum atomic E-state index is 12.0. The van der Waals surface area contributed by atoms with Gasteiger partial charge in [0.1, 0.15) is 5.75 Å². The van der Waals surface area contributed by atoms with Crippen molar-refractivity contribution < 1.29 is 9.53 Å². The Kier molecular flexibility index (Phi) is 9.01. The second-order valence-corrected chi connectivity index (χ2v) is 10.4. The fourth-order valence-electron chi connectivity index (χ4n) is 2.21. The van der Waals surface area contributed by atoms with Crippen LogP contribution in [0.25, 0.3) is 0 Å². The van der Waals surface area contributed by atoms with Crippen molar-refractivity contribution in [1.29, 1.82) is 0 Å². The summed E-state index contributed by atoms with van der Waals surface area (Å²) in [6.45, 7) is 0. The molecule has 0 fully saturated rings. The summed E-state index contributed by atoms with van der Waals surface area (Å²) in [7, 11) is 1.58. The number of thioether (sulfide) groups is 2. The number of nitrogens with zero attached hydrogens (tertiary/aromatic N) is 3. The van der Waals surface area contributed by atoms with Crippen LogP contribution in [0, 0.1) is 0 Å². The third kappa shape index (κ3) is 6.98. The number of aromatic nitrogens is 2. The summed E-state index contributed by atoms with van der Waals surface area (Å²) in [5.41, 5.74) is 4.31. The van der Waals surface area contributed by atoms with Crippen LogP contribution in [0.3, 0.4) is 0 Å². The van der Waals surface area contributed by atoms with Crippen LogP contribution in [0.15, 0.2) is 60.7 Å². The third-order valence-corrected chi connectivity index (χ3v) is 7.71. The molecule has 2 aromatic carbocycles. The largest absolute Gasteiger partial charge is 0.496 e. The maximum Gasteiger partial charge on any atom is 0.250 e. The zero-order valence-electron chi connectivity index (χ0n) is 15.7. The van der Waals surface area contributed by atoms with E-state index >= 15 is 0 Å². The van der Waals surface area contributed by atoms with E-state index in [4.69, 9.17) is 16.3 Å². The highest BCUT2D eigenvalue weighted by Crippen LogP contribution is 2.32. The molecule has 1 heterocycles. The average Bonchev–Trinajstić information content (AvgIpc) is 3.20. The van der Waals surface area contributed by atoms with E-state index in [9.17, 15) is 4.79 Å². The molecule has 0 saturated carbocycles. The summed E-state index contributed by atoms with van der Waals surface area (Å²) in [5.74, 6) is 1.34. The van der Waals surface area contributed by atoms with E-state index in [1.165, 1.54) is 23.1 Å². The Hall–Kier alpha value is -1.59. The Morgan fingerprint density at radius 2 is 2.03 bits per heavy atom. The fourth-order valence-corrected chi connectivity index (χ4v) is 5.69. The van der Waals surface area contributed by atoms with Crippen molar-refractivity contribution in [3.8, 4) is 5.75 Å². The molecule has 0 bridgehead atoms. The highest BCUT2D eigenvalue weighted by atomic mass is 79.9. The minimum atomic E-state index is -0.231. The van der Waals surface area contributed by atoms with Crippen LogP contribution in [0.4, 0.5) is 0 Å². The molecule has 0 aliphatic rings. The van der Waals surface area contributed by atoms with E-state index in [1.54, 1.807) is 25.1 Å². The predicted molar refractivity (Wildman–Crippen MR) is 128 cm³/mol. The molecule has 1 aromatic heterocycles. The van der Waals surface area contributed by atoms with Crippen molar-refractivity contribution in [1.82, 2.24) is 15.6 Å². The number of hydrogen-bond donors (Lipinski definition) is 1. The van der Waals surface area contributed by atoms with Gasteiger partial charge in [0.2, 0.25) is 0 Å². The summed E-state index contributed by atoms with van der Waals surface area (Å²) in [4.78, 5) is 12.0. The van der Waals surface area contributed by atoms with Gasteiger partial charge in [0.05, 0.1) is 19.1 Å². The van der Waals surface area contributed by atoms with Gasteiger partial charge >= 0.3 is 0 Å². The van der Waals surface area contributed by atoms with Gasteiger partial charge in [0.15, 0.2) is 8.68 Å². The Labute approximate surface area is 200 Å². The van der Waals surface area contributed by atoms with Gasteiger partial charge in [-0.3, -0.25) is 4.79 Å². The van der Waals surface area contributed by atoms with E-state index in [1.807, 2.05) is 42.5 Å². The van der Waals surface area contributed by atoms with Crippen LogP contribution in [0.5, 0.6) is 5.75 Å². The number of benzene rings is 2. The molecule has 1 amide bonds. The summed E-state index contributed by atoms with van der Waals surface area (Å²) >= 11 is 13.9. The van der Waals surface area contributed by atoms with Crippen LogP contribution < -0.4 is 10.2 Å². The van der Waals surface area contributed by atoms with Gasteiger partial charge in [0.25, 0.3) is 5.91 Å². The number of carbonyl (C=O) groups excluding carboxylic acids is 1. The lowest BCUT2D eigenvalue weighted by molar-refractivity contribution is -0.118. The maximum absolute atomic E-state index is 12.0. The van der Waals surface area contributed by atoms with Gasteiger partial charge in [-0.05, 0) is 29.8 Å². The Bertz CT molecular complexity index is 1050. The topological polar surface area (TPSA) is 76.5 Å². The number of carbonyl (C=O) groups is 1. The van der Waals surface area contributed by atoms with Crippen molar-refractivity contribution in [3.05, 3.63) is 63.1 Å². The first-order valence-corrected chi connectivity index (χ1v) is 12.5. The molecule has 30 heavy (non-hydrogen) atoms. The van der Waals surface area contributed by atoms with E-state index in [0.29, 0.717) is 11.5 Å². The normalized spacial score (nSPS) is 11.0. The second kappa shape index (κ2) is 11.7. The summed E-state index contributed by atoms with van der Waals surface area (Å²) in [6, 6.07) is 13.3. The number of amides is 1. The molecule has 0 atom stereocenters. The standard InChI is InChI=1S/C19H16BrClN4O2S3/c1-27-16-7-6-14(20)8-13(16)9-22-23-17(26)11-29-19-25-24-18(30-19)28-10-12-4-2-3-5-15(12)21/h2-9H,10-11H2,1H3,(H,23,26)/b22-9+. The van der Waals surface area contributed by atoms with Crippen molar-refractivity contribution in [2.24, 2.45) is 5.10 Å². The minimum absolute atomic E-state index is 0.191. The Morgan fingerprint density at radius 3 is 2.80 bits per heavy atom. The lowest BCUT2D eigenvalue weighted by Crippen LogP contribution is -2.19. The molecule has 0 saturated heterocycles. The molecule has 0 spiro atoms. The molecular weight excluding hydrogens is 528 g/mol. The van der Waals surface area contributed by atoms with Gasteiger partial charge in [-0.1, -0.05) is 80.6 Å². The molecular formula is C19H16BrClN4O2S3. The smallest absolute Gasteiger partial charge is 0.250 e. The molecule has 11 heteroatoms. The second-order valence-electron chi connectivity index (χ2n) is 5.68. The number of halogens is 2. The molecule has 0 aliphatic heterocycles. The monoisotopic (exact) mass is 542 g/mol. The third-order valence-electron chi connectivity index (χ3n) is 3.61. The number of nitrogens with one attached hydrogen (secondary N) is 1. The quantitative estimate of drug-likeness (QED) is 0.218. The van der Waals surface area contributed by atoms with Crippen molar-refractivity contribution >= 4 is 74.5 Å². The first-order valence-electron chi connectivity index (χ1n) is 8.53. The van der Waals surface area contributed by atoms with E-state index < -0.39 is 0 Å². The van der Waals surface area contributed by atoms with Crippen molar-refractivity contribution in [2.45, 2.75) is 14.4 Å². The van der Waals surface area contributed by atoms with Crippen LogP contribution in [0.1, 0.15) is 11.1 Å². The van der Waals surface area contributed by atoms with Crippen LogP contribution in [-0.4, -0.2) is 35.2 Å². The SMILES string of the molecule is COc1ccc(Br)cc1/C=N/NC(=O)CSc1nnc(SCc2ccccc2Cl)s1. The highest BCUT2D eigenvalue weighted by Gasteiger charge is 2.09. The summed E-state index contributed by atoms with van der Waals surface area (Å²) < 4.78 is 7.72. The molecule has 6 nitrogen and oxygen atoms in total. The molecule has 3 rings (SSSR count). The molecule has 1 N–H and O–H groups in total. The number of hydrogen-bond acceptors (Lipinski definition) is 8. The average molecular weight is 544 g/mol. The summed E-state index contributed by atoms with van der Waals surface area (Å²) in [6.07, 6.45) is 1.54. The van der Waals surface area contributed by atoms with Crippen LogP contribution >= 0.6 is 62.4 Å². The van der Waals surface area contributed by atoms with Crippen LogP contribution in [0.2, 0.25) is 5.02 Å². The van der Waals surface area contributed by atoms with Gasteiger partial charge < -0.3 is 4.74 Å². The van der Waals surface area contributed by atoms with E-state index in [-0.39, 0.29) is 11.7 Å². The highest BCUT2D eigenvalue weighted by molar-refractivity contribution is 9.10. The van der Waals surface area contributed by atoms with Gasteiger partial charge in [-0.25, -0.2) is 5.43 Å². The lowest BCUT2D eigenvalue weighted by atomic mass is 10.2. The van der Waals surface area contributed by atoms with Crippen molar-refractivity contribution in [3.63, 3.8) is 0 Å². The molecule has 156 valence electrons. The first kappa shape index (κ1) is 23.1. The van der Waals surface area contributed by atoms with Crippen LogP contribution in [-0.2, 0) is 10.5 Å². The number of hydrazone groups is 1. The van der Waals surface area contributed by atoms with E-state index in [0.717, 1.165) is 29.3 Å². The van der Waals surface area contributed by atoms with Gasteiger partial charge in [-0.2, -0.15) is 5.10 Å². The molecule has 0 aliphatic carbocycles. The molecule has 0 radical (unpaired) electrons. The number of ether oxygens (including phenoxy) is 1. The van der Waals surface area contributed by atoms with Gasteiger partial charge in [-0.15, -0.1) is 10.2 Å². The fraction of sp³-hybridized carbons (Fsp3) is 0.158. The molecule has 3 aromatic rings.